The highest BCUT2D eigenvalue weighted by molar-refractivity contribution is 5.89. The Hall–Kier alpha value is -1.71. The standard InChI is InChI=1S/C22H32N2O6/c1-13-6-8-14(9-7-13)24-20(25)23-11-10-15-17(16-12-26-21(2,3)28-16)27-19-18(15)29-22(4,5)30-19/h6-9,15-19H,10-12H2,1-5H3,(H2,23,24,25)/t15-,16?,17+,18-,19-/m1/s1. The number of hydrogen-bond donors (Lipinski definition) is 2. The van der Waals surface area contributed by atoms with Gasteiger partial charge in [0.05, 0.1) is 12.7 Å². The zero-order chi connectivity index (χ0) is 21.5. The summed E-state index contributed by atoms with van der Waals surface area (Å²) in [6, 6.07) is 7.44. The molecule has 8 heteroatoms. The normalized spacial score (nSPS) is 34.0. The third-order valence-corrected chi connectivity index (χ3v) is 5.69. The molecule has 4 rings (SSSR count). The molecule has 0 radical (unpaired) electrons. The first-order valence-corrected chi connectivity index (χ1v) is 10.6. The van der Waals surface area contributed by atoms with E-state index < -0.39 is 17.9 Å². The quantitative estimate of drug-likeness (QED) is 0.761. The lowest BCUT2D eigenvalue weighted by molar-refractivity contribution is -0.227. The molecule has 3 aliphatic heterocycles. The van der Waals surface area contributed by atoms with Crippen LogP contribution in [-0.2, 0) is 23.7 Å². The van der Waals surface area contributed by atoms with Crippen LogP contribution in [0.1, 0.15) is 39.7 Å². The molecule has 2 amide bonds. The Labute approximate surface area is 177 Å². The van der Waals surface area contributed by atoms with Crippen LogP contribution in [0, 0.1) is 12.8 Å². The van der Waals surface area contributed by atoms with Crippen molar-refractivity contribution in [2.75, 3.05) is 18.5 Å². The molecule has 1 unspecified atom stereocenters. The SMILES string of the molecule is Cc1ccc(NC(=O)NCC[C@H]2[C@H]3OC(C)(C)O[C@H]3O[C@@H]2C2COC(C)(C)O2)cc1. The van der Waals surface area contributed by atoms with Crippen LogP contribution in [0.4, 0.5) is 10.5 Å². The number of amides is 2. The van der Waals surface area contributed by atoms with Gasteiger partial charge in [-0.25, -0.2) is 4.79 Å². The van der Waals surface area contributed by atoms with E-state index in [1.54, 1.807) is 0 Å². The highest BCUT2D eigenvalue weighted by atomic mass is 16.8. The van der Waals surface area contributed by atoms with Crippen molar-refractivity contribution in [3.63, 3.8) is 0 Å². The van der Waals surface area contributed by atoms with Crippen molar-refractivity contribution in [1.82, 2.24) is 5.32 Å². The number of anilines is 1. The number of urea groups is 1. The fourth-order valence-electron chi connectivity index (χ4n) is 4.33. The summed E-state index contributed by atoms with van der Waals surface area (Å²) >= 11 is 0. The molecule has 30 heavy (non-hydrogen) atoms. The number of hydrogen-bond acceptors (Lipinski definition) is 6. The van der Waals surface area contributed by atoms with E-state index in [2.05, 4.69) is 10.6 Å². The number of carbonyl (C=O) groups excluding carboxylic acids is 1. The zero-order valence-corrected chi connectivity index (χ0v) is 18.3. The maximum absolute atomic E-state index is 12.3. The summed E-state index contributed by atoms with van der Waals surface area (Å²) in [6.07, 6.45) is -0.400. The van der Waals surface area contributed by atoms with Crippen molar-refractivity contribution in [2.45, 2.75) is 77.2 Å². The van der Waals surface area contributed by atoms with E-state index in [1.165, 1.54) is 0 Å². The summed E-state index contributed by atoms with van der Waals surface area (Å²) in [4.78, 5) is 12.3. The molecule has 1 aromatic rings. The first-order valence-electron chi connectivity index (χ1n) is 10.6. The van der Waals surface area contributed by atoms with Gasteiger partial charge in [0.1, 0.15) is 12.2 Å². The predicted molar refractivity (Wildman–Crippen MR) is 110 cm³/mol. The van der Waals surface area contributed by atoms with Gasteiger partial charge in [-0.2, -0.15) is 0 Å². The molecular weight excluding hydrogens is 388 g/mol. The van der Waals surface area contributed by atoms with Gasteiger partial charge < -0.3 is 34.3 Å². The van der Waals surface area contributed by atoms with Crippen LogP contribution in [0.15, 0.2) is 24.3 Å². The Morgan fingerprint density at radius 3 is 2.43 bits per heavy atom. The number of ether oxygens (including phenoxy) is 5. The van der Waals surface area contributed by atoms with Crippen molar-refractivity contribution in [2.24, 2.45) is 5.92 Å². The molecule has 166 valence electrons. The van der Waals surface area contributed by atoms with Gasteiger partial charge in [0.2, 0.25) is 0 Å². The van der Waals surface area contributed by atoms with E-state index in [4.69, 9.17) is 23.7 Å². The van der Waals surface area contributed by atoms with Crippen LogP contribution in [0.2, 0.25) is 0 Å². The molecule has 1 aromatic carbocycles. The van der Waals surface area contributed by atoms with Crippen LogP contribution in [0.25, 0.3) is 0 Å². The average molecular weight is 421 g/mol. The largest absolute Gasteiger partial charge is 0.348 e. The minimum Gasteiger partial charge on any atom is -0.348 e. The Morgan fingerprint density at radius 2 is 1.77 bits per heavy atom. The summed E-state index contributed by atoms with van der Waals surface area (Å²) < 4.78 is 30.0. The second-order valence-electron chi connectivity index (χ2n) is 9.14. The summed E-state index contributed by atoms with van der Waals surface area (Å²) in [7, 11) is 0. The smallest absolute Gasteiger partial charge is 0.319 e. The van der Waals surface area contributed by atoms with Crippen molar-refractivity contribution in [3.8, 4) is 0 Å². The van der Waals surface area contributed by atoms with Crippen LogP contribution in [-0.4, -0.2) is 55.4 Å². The van der Waals surface area contributed by atoms with Gasteiger partial charge in [-0.15, -0.1) is 0 Å². The minimum absolute atomic E-state index is 0.0129. The second kappa shape index (κ2) is 8.09. The molecule has 8 nitrogen and oxygen atoms in total. The van der Waals surface area contributed by atoms with E-state index in [0.29, 0.717) is 19.6 Å². The first kappa shape index (κ1) is 21.5. The van der Waals surface area contributed by atoms with Gasteiger partial charge in [-0.1, -0.05) is 17.7 Å². The fourth-order valence-corrected chi connectivity index (χ4v) is 4.33. The van der Waals surface area contributed by atoms with E-state index in [1.807, 2.05) is 58.9 Å². The van der Waals surface area contributed by atoms with Crippen LogP contribution in [0.5, 0.6) is 0 Å². The number of rotatable bonds is 5. The third kappa shape index (κ3) is 4.78. The molecule has 2 N–H and O–H groups in total. The highest BCUT2D eigenvalue weighted by Gasteiger charge is 2.57. The Bertz CT molecular complexity index is 765. The lowest BCUT2D eigenvalue weighted by Crippen LogP contribution is -2.41. The zero-order valence-electron chi connectivity index (χ0n) is 18.3. The molecule has 3 aliphatic rings. The van der Waals surface area contributed by atoms with E-state index in [0.717, 1.165) is 11.3 Å². The monoisotopic (exact) mass is 420 g/mol. The van der Waals surface area contributed by atoms with E-state index in [-0.39, 0.29) is 30.3 Å². The molecule has 0 saturated carbocycles. The van der Waals surface area contributed by atoms with E-state index in [9.17, 15) is 4.79 Å². The Kier molecular flexibility index (Phi) is 5.80. The molecule has 0 spiro atoms. The van der Waals surface area contributed by atoms with Gasteiger partial charge in [-0.3, -0.25) is 0 Å². The second-order valence-corrected chi connectivity index (χ2v) is 9.14. The van der Waals surface area contributed by atoms with Gasteiger partial charge in [0.25, 0.3) is 0 Å². The number of aryl methyl sites for hydroxylation is 1. The molecule has 5 atom stereocenters. The molecular formula is C22H32N2O6. The van der Waals surface area contributed by atoms with Crippen molar-refractivity contribution in [3.05, 3.63) is 29.8 Å². The molecule has 3 saturated heterocycles. The fraction of sp³-hybridized carbons (Fsp3) is 0.682. The maximum atomic E-state index is 12.3. The van der Waals surface area contributed by atoms with Gasteiger partial charge >= 0.3 is 6.03 Å². The highest BCUT2D eigenvalue weighted by Crippen LogP contribution is 2.44. The maximum Gasteiger partial charge on any atom is 0.319 e. The Balaban J connectivity index is 1.35. The molecule has 0 aliphatic carbocycles. The summed E-state index contributed by atoms with van der Waals surface area (Å²) in [6.45, 7) is 10.5. The van der Waals surface area contributed by atoms with Crippen molar-refractivity contribution < 1.29 is 28.5 Å². The lowest BCUT2D eigenvalue weighted by atomic mass is 9.91. The molecule has 3 heterocycles. The first-order chi connectivity index (χ1) is 14.1. The summed E-state index contributed by atoms with van der Waals surface area (Å²) in [5, 5.41) is 5.78. The minimum atomic E-state index is -0.693. The number of nitrogens with one attached hydrogen (secondary N) is 2. The summed E-state index contributed by atoms with van der Waals surface area (Å²) in [5.74, 6) is -1.32. The van der Waals surface area contributed by atoms with Crippen LogP contribution >= 0.6 is 0 Å². The average Bonchev–Trinajstić information content (AvgIpc) is 3.26. The van der Waals surface area contributed by atoms with E-state index >= 15 is 0 Å². The molecule has 3 fully saturated rings. The van der Waals surface area contributed by atoms with Gasteiger partial charge in [0, 0.05) is 18.2 Å². The third-order valence-electron chi connectivity index (χ3n) is 5.69. The molecule has 0 bridgehead atoms. The van der Waals surface area contributed by atoms with Crippen LogP contribution < -0.4 is 10.6 Å². The summed E-state index contributed by atoms with van der Waals surface area (Å²) in [5.41, 5.74) is 1.90. The number of carbonyl (C=O) groups is 1. The Morgan fingerprint density at radius 1 is 1.03 bits per heavy atom. The van der Waals surface area contributed by atoms with Gasteiger partial charge in [-0.05, 0) is 53.2 Å². The van der Waals surface area contributed by atoms with Gasteiger partial charge in [0.15, 0.2) is 17.9 Å². The number of fused-ring (bicyclic) bond motifs is 1. The van der Waals surface area contributed by atoms with Crippen LogP contribution in [0.3, 0.4) is 0 Å². The lowest BCUT2D eigenvalue weighted by Gasteiger charge is -2.29. The predicted octanol–water partition coefficient (Wildman–Crippen LogP) is 3.15. The van der Waals surface area contributed by atoms with Crippen molar-refractivity contribution >= 4 is 11.7 Å². The number of benzene rings is 1. The van der Waals surface area contributed by atoms with Crippen molar-refractivity contribution in [1.29, 1.82) is 0 Å². The molecule has 0 aromatic heterocycles. The topological polar surface area (TPSA) is 87.3 Å².